The van der Waals surface area contributed by atoms with Gasteiger partial charge in [-0.15, -0.1) is 0 Å². The third kappa shape index (κ3) is 2.33. The molecule has 0 amide bonds. The molecule has 2 rings (SSSR count). The Morgan fingerprint density at radius 3 is 3.21 bits per heavy atom. The van der Waals surface area contributed by atoms with E-state index in [9.17, 15) is 0 Å². The average Bonchev–Trinajstić information content (AvgIpc) is 2.86. The summed E-state index contributed by atoms with van der Waals surface area (Å²) in [6.45, 7) is 2.38. The van der Waals surface area contributed by atoms with E-state index in [1.54, 1.807) is 0 Å². The van der Waals surface area contributed by atoms with E-state index in [1.165, 1.54) is 12.8 Å². The maximum absolute atomic E-state index is 5.54. The molecule has 1 fully saturated rings. The van der Waals surface area contributed by atoms with Crippen molar-refractivity contribution >= 4 is 0 Å². The lowest BCUT2D eigenvalue weighted by Gasteiger charge is -2.08. The fourth-order valence-corrected chi connectivity index (χ4v) is 1.79. The van der Waals surface area contributed by atoms with Crippen LogP contribution in [0.4, 0.5) is 0 Å². The highest BCUT2D eigenvalue weighted by Gasteiger charge is 2.14. The Balaban J connectivity index is 1.79. The van der Waals surface area contributed by atoms with Gasteiger partial charge in [-0.05, 0) is 25.3 Å². The number of nitrogens with two attached hydrogens (primary N) is 1. The van der Waals surface area contributed by atoms with Gasteiger partial charge < -0.3 is 10.5 Å². The topological polar surface area (TPSA) is 53.1 Å². The smallest absolute Gasteiger partial charge is 0.0760 e. The predicted molar refractivity (Wildman–Crippen MR) is 53.7 cm³/mol. The lowest BCUT2D eigenvalue weighted by molar-refractivity contribution is 0.0994. The van der Waals surface area contributed by atoms with Gasteiger partial charge in [0.1, 0.15) is 0 Å². The molecule has 4 heteroatoms. The number of aryl methyl sites for hydroxylation is 1. The highest BCUT2D eigenvalue weighted by molar-refractivity contribution is 4.97. The third-order valence-electron chi connectivity index (χ3n) is 2.61. The molecule has 1 aliphatic rings. The fraction of sp³-hybridized carbons (Fsp3) is 0.700. The first-order valence-corrected chi connectivity index (χ1v) is 5.22. The van der Waals surface area contributed by atoms with E-state index in [2.05, 4.69) is 5.10 Å². The molecule has 1 aliphatic heterocycles. The van der Waals surface area contributed by atoms with Crippen molar-refractivity contribution in [2.24, 2.45) is 5.73 Å². The van der Waals surface area contributed by atoms with Crippen molar-refractivity contribution < 1.29 is 4.74 Å². The average molecular weight is 195 g/mol. The van der Waals surface area contributed by atoms with Crippen LogP contribution in [0.2, 0.25) is 0 Å². The third-order valence-corrected chi connectivity index (χ3v) is 2.61. The number of ether oxygens (including phenoxy) is 1. The maximum atomic E-state index is 5.54. The van der Waals surface area contributed by atoms with Gasteiger partial charge in [0.05, 0.1) is 11.8 Å². The molecule has 0 saturated carbocycles. The fourth-order valence-electron chi connectivity index (χ4n) is 1.79. The molecule has 0 radical (unpaired) electrons. The zero-order chi connectivity index (χ0) is 9.80. The van der Waals surface area contributed by atoms with E-state index in [0.29, 0.717) is 12.6 Å². The largest absolute Gasteiger partial charge is 0.378 e. The first-order valence-electron chi connectivity index (χ1n) is 5.22. The summed E-state index contributed by atoms with van der Waals surface area (Å²) in [4.78, 5) is 0. The van der Waals surface area contributed by atoms with Gasteiger partial charge in [0.2, 0.25) is 0 Å². The molecule has 1 unspecified atom stereocenters. The number of rotatable bonds is 4. The van der Waals surface area contributed by atoms with E-state index in [-0.39, 0.29) is 0 Å². The highest BCUT2D eigenvalue weighted by atomic mass is 16.5. The Morgan fingerprint density at radius 2 is 2.57 bits per heavy atom. The summed E-state index contributed by atoms with van der Waals surface area (Å²) >= 11 is 0. The van der Waals surface area contributed by atoms with Gasteiger partial charge in [0.15, 0.2) is 0 Å². The molecular weight excluding hydrogens is 178 g/mol. The summed E-state index contributed by atoms with van der Waals surface area (Å²) in [7, 11) is 0. The van der Waals surface area contributed by atoms with Crippen LogP contribution < -0.4 is 5.73 Å². The summed E-state index contributed by atoms with van der Waals surface area (Å²) in [6.07, 6.45) is 5.90. The lowest BCUT2D eigenvalue weighted by Crippen LogP contribution is -2.10. The van der Waals surface area contributed by atoms with Crippen molar-refractivity contribution in [3.63, 3.8) is 0 Å². The van der Waals surface area contributed by atoms with Crippen LogP contribution in [0, 0.1) is 0 Å². The van der Waals surface area contributed by atoms with Crippen LogP contribution >= 0.6 is 0 Å². The first-order chi connectivity index (χ1) is 6.88. The van der Waals surface area contributed by atoms with Crippen LogP contribution in [0.1, 0.15) is 25.0 Å². The van der Waals surface area contributed by atoms with Crippen molar-refractivity contribution in [1.82, 2.24) is 9.78 Å². The van der Waals surface area contributed by atoms with E-state index in [0.717, 1.165) is 25.3 Å². The molecule has 2 heterocycles. The number of hydrogen-bond donors (Lipinski definition) is 1. The summed E-state index contributed by atoms with van der Waals surface area (Å²) in [5.41, 5.74) is 6.44. The normalized spacial score (nSPS) is 21.6. The van der Waals surface area contributed by atoms with Crippen LogP contribution in [0.3, 0.4) is 0 Å². The molecule has 4 nitrogen and oxygen atoms in total. The molecule has 14 heavy (non-hydrogen) atoms. The first kappa shape index (κ1) is 9.68. The molecule has 0 bridgehead atoms. The minimum Gasteiger partial charge on any atom is -0.378 e. The molecule has 1 aromatic rings. The van der Waals surface area contributed by atoms with Gasteiger partial charge in [-0.2, -0.15) is 5.10 Å². The Bertz CT molecular complexity index is 279. The van der Waals surface area contributed by atoms with E-state index < -0.39 is 0 Å². The SMILES string of the molecule is NCc1ccn(CCC2CCCO2)n1. The zero-order valence-corrected chi connectivity index (χ0v) is 8.35. The molecular formula is C10H17N3O. The van der Waals surface area contributed by atoms with Crippen molar-refractivity contribution in [3.8, 4) is 0 Å². The molecule has 1 aromatic heterocycles. The summed E-state index contributed by atoms with van der Waals surface area (Å²) in [5, 5.41) is 4.33. The van der Waals surface area contributed by atoms with Crippen molar-refractivity contribution in [1.29, 1.82) is 0 Å². The van der Waals surface area contributed by atoms with Crippen molar-refractivity contribution in [2.75, 3.05) is 6.61 Å². The van der Waals surface area contributed by atoms with Gasteiger partial charge in [-0.25, -0.2) is 0 Å². The molecule has 1 atom stereocenters. The Kier molecular flexibility index (Phi) is 3.16. The Hall–Kier alpha value is -0.870. The summed E-state index contributed by atoms with van der Waals surface area (Å²) in [6, 6.07) is 1.97. The second kappa shape index (κ2) is 4.57. The molecule has 0 aromatic carbocycles. The molecule has 78 valence electrons. The summed E-state index contributed by atoms with van der Waals surface area (Å²) < 4.78 is 7.49. The van der Waals surface area contributed by atoms with Crippen molar-refractivity contribution in [3.05, 3.63) is 18.0 Å². The predicted octanol–water partition coefficient (Wildman–Crippen LogP) is 0.911. The minimum atomic E-state index is 0.445. The van der Waals surface area contributed by atoms with Gasteiger partial charge in [0, 0.05) is 25.9 Å². The van der Waals surface area contributed by atoms with Crippen molar-refractivity contribution in [2.45, 2.75) is 38.5 Å². The highest BCUT2D eigenvalue weighted by Crippen LogP contribution is 2.15. The van der Waals surface area contributed by atoms with Crippen LogP contribution in [0.5, 0.6) is 0 Å². The van der Waals surface area contributed by atoms with Crippen LogP contribution in [-0.2, 0) is 17.8 Å². The van der Waals surface area contributed by atoms with Gasteiger partial charge in [0.25, 0.3) is 0 Å². The number of hydrogen-bond acceptors (Lipinski definition) is 3. The van der Waals surface area contributed by atoms with Crippen LogP contribution in [0.15, 0.2) is 12.3 Å². The summed E-state index contributed by atoms with van der Waals surface area (Å²) in [5.74, 6) is 0. The monoisotopic (exact) mass is 195 g/mol. The Labute approximate surface area is 84.0 Å². The Morgan fingerprint density at radius 1 is 1.64 bits per heavy atom. The van der Waals surface area contributed by atoms with E-state index in [4.69, 9.17) is 10.5 Å². The van der Waals surface area contributed by atoms with Crippen LogP contribution in [-0.4, -0.2) is 22.5 Å². The molecule has 0 spiro atoms. The quantitative estimate of drug-likeness (QED) is 0.777. The van der Waals surface area contributed by atoms with E-state index >= 15 is 0 Å². The lowest BCUT2D eigenvalue weighted by atomic mass is 10.2. The molecule has 0 aliphatic carbocycles. The minimum absolute atomic E-state index is 0.445. The number of nitrogens with zero attached hydrogens (tertiary/aromatic N) is 2. The zero-order valence-electron chi connectivity index (χ0n) is 8.35. The standard InChI is InChI=1S/C10H17N3O/c11-8-9-3-5-13(12-9)6-4-10-2-1-7-14-10/h3,5,10H,1-2,4,6-8,11H2. The molecule has 2 N–H and O–H groups in total. The van der Waals surface area contributed by atoms with Gasteiger partial charge in [-0.3, -0.25) is 4.68 Å². The van der Waals surface area contributed by atoms with Gasteiger partial charge in [-0.1, -0.05) is 0 Å². The van der Waals surface area contributed by atoms with Crippen LogP contribution in [0.25, 0.3) is 0 Å². The second-order valence-corrected chi connectivity index (χ2v) is 3.70. The number of aromatic nitrogens is 2. The van der Waals surface area contributed by atoms with E-state index in [1.807, 2.05) is 16.9 Å². The second-order valence-electron chi connectivity index (χ2n) is 3.70. The van der Waals surface area contributed by atoms with Gasteiger partial charge >= 0.3 is 0 Å². The molecule has 1 saturated heterocycles. The maximum Gasteiger partial charge on any atom is 0.0760 e.